The first-order valence-corrected chi connectivity index (χ1v) is 8.06. The molecule has 0 saturated carbocycles. The molecule has 0 spiro atoms. The molecular formula is C19H15F2N3O2. The van der Waals surface area contributed by atoms with Crippen molar-refractivity contribution in [2.75, 3.05) is 0 Å². The van der Waals surface area contributed by atoms with Gasteiger partial charge >= 0.3 is 0 Å². The number of rotatable bonds is 3. The van der Waals surface area contributed by atoms with Crippen LogP contribution in [0.2, 0.25) is 0 Å². The standard InChI is InChI=1S/C19H15F2N3O2/c1-11-8-18-23(10-17(25)13-7-6-12(20)9-15(13)21)19(26)14-4-2-3-5-16(14)24(18)22-11/h2-9,17,25H,10H2,1H3. The molecule has 132 valence electrons. The van der Waals surface area contributed by atoms with Gasteiger partial charge in [0.2, 0.25) is 0 Å². The summed E-state index contributed by atoms with van der Waals surface area (Å²) in [5.41, 5.74) is 1.47. The van der Waals surface area contributed by atoms with Gasteiger partial charge in [-0.25, -0.2) is 13.3 Å². The van der Waals surface area contributed by atoms with E-state index in [1.807, 2.05) is 6.07 Å². The number of aliphatic hydroxyl groups is 1. The summed E-state index contributed by atoms with van der Waals surface area (Å²) >= 11 is 0. The zero-order valence-electron chi connectivity index (χ0n) is 13.9. The quantitative estimate of drug-likeness (QED) is 0.615. The Morgan fingerprint density at radius 1 is 1.15 bits per heavy atom. The monoisotopic (exact) mass is 355 g/mol. The van der Waals surface area contributed by atoms with E-state index >= 15 is 0 Å². The van der Waals surface area contributed by atoms with Crippen LogP contribution in [0.1, 0.15) is 17.4 Å². The zero-order chi connectivity index (χ0) is 18.4. The lowest BCUT2D eigenvalue weighted by Crippen LogP contribution is -2.26. The van der Waals surface area contributed by atoms with Gasteiger partial charge in [-0.15, -0.1) is 0 Å². The third kappa shape index (κ3) is 2.57. The zero-order valence-corrected chi connectivity index (χ0v) is 13.9. The molecule has 0 fully saturated rings. The van der Waals surface area contributed by atoms with E-state index in [0.29, 0.717) is 28.3 Å². The Labute approximate surface area is 146 Å². The number of aliphatic hydroxyl groups excluding tert-OH is 1. The lowest BCUT2D eigenvalue weighted by atomic mass is 10.1. The second-order valence-electron chi connectivity index (χ2n) is 6.17. The predicted octanol–water partition coefficient (Wildman–Crippen LogP) is 2.97. The predicted molar refractivity (Wildman–Crippen MR) is 93.0 cm³/mol. The summed E-state index contributed by atoms with van der Waals surface area (Å²) in [4.78, 5) is 12.9. The number of aromatic nitrogens is 3. The molecule has 4 aromatic rings. The maximum absolute atomic E-state index is 14.0. The maximum atomic E-state index is 14.0. The fourth-order valence-corrected chi connectivity index (χ4v) is 3.16. The lowest BCUT2D eigenvalue weighted by Gasteiger charge is -2.16. The molecule has 1 unspecified atom stereocenters. The van der Waals surface area contributed by atoms with Crippen molar-refractivity contribution in [3.8, 4) is 0 Å². The first-order valence-electron chi connectivity index (χ1n) is 8.06. The van der Waals surface area contributed by atoms with Gasteiger partial charge in [-0.3, -0.25) is 9.36 Å². The number of fused-ring (bicyclic) bond motifs is 3. The number of halogens is 2. The number of benzene rings is 2. The Bertz CT molecular complexity index is 1200. The molecular weight excluding hydrogens is 340 g/mol. The molecule has 0 amide bonds. The molecule has 7 heteroatoms. The summed E-state index contributed by atoms with van der Waals surface area (Å²) in [6, 6.07) is 11.7. The minimum atomic E-state index is -1.31. The van der Waals surface area contributed by atoms with Gasteiger partial charge in [0.15, 0.2) is 0 Å². The van der Waals surface area contributed by atoms with Crippen molar-refractivity contribution in [1.29, 1.82) is 0 Å². The van der Waals surface area contributed by atoms with Crippen LogP contribution in [-0.2, 0) is 6.54 Å². The van der Waals surface area contributed by atoms with E-state index in [0.717, 1.165) is 6.07 Å². The van der Waals surface area contributed by atoms with Gasteiger partial charge in [0, 0.05) is 17.7 Å². The molecule has 1 atom stereocenters. The molecule has 4 rings (SSSR count). The topological polar surface area (TPSA) is 59.5 Å². The minimum absolute atomic E-state index is 0.0687. The highest BCUT2D eigenvalue weighted by atomic mass is 19.1. The summed E-state index contributed by atoms with van der Waals surface area (Å²) in [6.45, 7) is 1.62. The smallest absolute Gasteiger partial charge is 0.261 e. The van der Waals surface area contributed by atoms with E-state index in [4.69, 9.17) is 0 Å². The van der Waals surface area contributed by atoms with Gasteiger partial charge in [-0.05, 0) is 25.1 Å². The Kier molecular flexibility index (Phi) is 3.81. The average Bonchev–Trinajstić information content (AvgIpc) is 3.00. The van der Waals surface area contributed by atoms with Crippen molar-refractivity contribution in [3.05, 3.63) is 81.8 Å². The molecule has 0 aliphatic rings. The number of hydrogen-bond donors (Lipinski definition) is 1. The largest absolute Gasteiger partial charge is 0.386 e. The third-order valence-electron chi connectivity index (χ3n) is 4.37. The molecule has 0 aliphatic carbocycles. The molecule has 26 heavy (non-hydrogen) atoms. The van der Waals surface area contributed by atoms with Crippen LogP contribution in [0.3, 0.4) is 0 Å². The van der Waals surface area contributed by atoms with Gasteiger partial charge in [0.1, 0.15) is 17.3 Å². The van der Waals surface area contributed by atoms with E-state index in [2.05, 4.69) is 5.10 Å². The van der Waals surface area contributed by atoms with Crippen LogP contribution in [0.5, 0.6) is 0 Å². The normalized spacial score (nSPS) is 12.8. The molecule has 0 radical (unpaired) electrons. The van der Waals surface area contributed by atoms with Crippen LogP contribution < -0.4 is 5.56 Å². The molecule has 2 aromatic carbocycles. The van der Waals surface area contributed by atoms with Crippen molar-refractivity contribution >= 4 is 16.6 Å². The fraction of sp³-hybridized carbons (Fsp3) is 0.158. The Hall–Kier alpha value is -3.06. The minimum Gasteiger partial charge on any atom is -0.386 e. The SMILES string of the molecule is Cc1cc2n(CC(O)c3ccc(F)cc3F)c(=O)c3ccccc3n2n1. The average molecular weight is 355 g/mol. The van der Waals surface area contributed by atoms with Crippen molar-refractivity contribution in [2.24, 2.45) is 0 Å². The molecule has 0 saturated heterocycles. The van der Waals surface area contributed by atoms with Crippen LogP contribution >= 0.6 is 0 Å². The van der Waals surface area contributed by atoms with Gasteiger partial charge in [0.25, 0.3) is 5.56 Å². The van der Waals surface area contributed by atoms with E-state index in [1.54, 1.807) is 35.7 Å². The summed E-state index contributed by atoms with van der Waals surface area (Å²) in [7, 11) is 0. The molecule has 0 bridgehead atoms. The van der Waals surface area contributed by atoms with Gasteiger partial charge in [-0.2, -0.15) is 5.10 Å². The lowest BCUT2D eigenvalue weighted by molar-refractivity contribution is 0.152. The molecule has 5 nitrogen and oxygen atoms in total. The van der Waals surface area contributed by atoms with Gasteiger partial charge in [0.05, 0.1) is 29.2 Å². The van der Waals surface area contributed by atoms with Gasteiger partial charge in [-0.1, -0.05) is 18.2 Å². The Morgan fingerprint density at radius 2 is 1.92 bits per heavy atom. The van der Waals surface area contributed by atoms with Crippen LogP contribution in [0.25, 0.3) is 16.6 Å². The van der Waals surface area contributed by atoms with E-state index in [1.165, 1.54) is 10.6 Å². The Morgan fingerprint density at radius 3 is 2.69 bits per heavy atom. The van der Waals surface area contributed by atoms with Gasteiger partial charge < -0.3 is 5.11 Å². The number of hydrogen-bond acceptors (Lipinski definition) is 3. The van der Waals surface area contributed by atoms with Crippen molar-refractivity contribution in [3.63, 3.8) is 0 Å². The maximum Gasteiger partial charge on any atom is 0.261 e. The van der Waals surface area contributed by atoms with Crippen LogP contribution in [0.4, 0.5) is 8.78 Å². The third-order valence-corrected chi connectivity index (χ3v) is 4.37. The summed E-state index contributed by atoms with van der Waals surface area (Å²) < 4.78 is 30.1. The van der Waals surface area contributed by atoms with Crippen LogP contribution in [-0.4, -0.2) is 19.3 Å². The summed E-state index contributed by atoms with van der Waals surface area (Å²) in [5.74, 6) is -1.58. The van der Waals surface area contributed by atoms with E-state index < -0.39 is 17.7 Å². The summed E-state index contributed by atoms with van der Waals surface area (Å²) in [6.07, 6.45) is -1.31. The van der Waals surface area contributed by atoms with Crippen molar-refractivity contribution in [2.45, 2.75) is 19.6 Å². The van der Waals surface area contributed by atoms with E-state index in [9.17, 15) is 18.7 Å². The molecule has 0 aliphatic heterocycles. The first kappa shape index (κ1) is 16.4. The first-order chi connectivity index (χ1) is 12.5. The molecule has 1 N–H and O–H groups in total. The fourth-order valence-electron chi connectivity index (χ4n) is 3.16. The van der Waals surface area contributed by atoms with Crippen LogP contribution in [0, 0.1) is 18.6 Å². The number of nitrogens with zero attached hydrogens (tertiary/aromatic N) is 3. The van der Waals surface area contributed by atoms with Crippen molar-refractivity contribution < 1.29 is 13.9 Å². The number of aryl methyl sites for hydroxylation is 1. The highest BCUT2D eigenvalue weighted by Crippen LogP contribution is 2.21. The molecule has 2 aromatic heterocycles. The van der Waals surface area contributed by atoms with Crippen molar-refractivity contribution in [1.82, 2.24) is 14.2 Å². The summed E-state index contributed by atoms with van der Waals surface area (Å²) in [5, 5.41) is 15.3. The van der Waals surface area contributed by atoms with Crippen LogP contribution in [0.15, 0.2) is 53.3 Å². The second kappa shape index (κ2) is 6.03. The van der Waals surface area contributed by atoms with E-state index in [-0.39, 0.29) is 17.7 Å². The highest BCUT2D eigenvalue weighted by molar-refractivity contribution is 5.80. The number of para-hydroxylation sites is 1. The molecule has 2 heterocycles. The Balaban J connectivity index is 1.90. The second-order valence-corrected chi connectivity index (χ2v) is 6.17. The highest BCUT2D eigenvalue weighted by Gasteiger charge is 2.19.